The highest BCUT2D eigenvalue weighted by molar-refractivity contribution is 5.56. The van der Waals surface area contributed by atoms with Crippen LogP contribution in [0.15, 0.2) is 12.1 Å². The van der Waals surface area contributed by atoms with Crippen molar-refractivity contribution in [2.75, 3.05) is 25.5 Å². The van der Waals surface area contributed by atoms with Crippen LogP contribution < -0.4 is 5.32 Å². The summed E-state index contributed by atoms with van der Waals surface area (Å²) in [5.41, 5.74) is 0.828. The first-order valence-corrected chi connectivity index (χ1v) is 6.64. The molecule has 2 heterocycles. The summed E-state index contributed by atoms with van der Waals surface area (Å²) in [6.07, 6.45) is 3.58. The van der Waals surface area contributed by atoms with Crippen molar-refractivity contribution in [1.29, 1.82) is 0 Å². The number of aromatic nitrogens is 1. The van der Waals surface area contributed by atoms with Crippen molar-refractivity contribution in [1.82, 2.24) is 9.88 Å². The largest absolute Gasteiger partial charge is 0.363 e. The van der Waals surface area contributed by atoms with Gasteiger partial charge in [0, 0.05) is 24.3 Å². The second-order valence-electron chi connectivity index (χ2n) is 5.09. The third-order valence-electron chi connectivity index (χ3n) is 3.64. The molecule has 1 aliphatic rings. The molecule has 0 saturated carbocycles. The Hall–Kier alpha value is -1.69. The number of aryl methyl sites for hydroxylation is 1. The van der Waals surface area contributed by atoms with E-state index < -0.39 is 0 Å². The van der Waals surface area contributed by atoms with Gasteiger partial charge in [0.05, 0.1) is 4.92 Å². The standard InChI is InChI=1S/C13H20N4O2/c1-10-6-7-12(17(18)19)13(15-10)14-9-11-5-3-4-8-16(11)2/h6-7,11H,3-5,8-9H2,1-2H3,(H,14,15). The number of pyridine rings is 1. The van der Waals surface area contributed by atoms with Crippen LogP contribution in [0.4, 0.5) is 11.5 Å². The molecule has 1 saturated heterocycles. The van der Waals surface area contributed by atoms with Crippen molar-refractivity contribution < 1.29 is 4.92 Å². The molecule has 104 valence electrons. The van der Waals surface area contributed by atoms with Crippen molar-refractivity contribution in [2.45, 2.75) is 32.2 Å². The first-order valence-electron chi connectivity index (χ1n) is 6.64. The van der Waals surface area contributed by atoms with Crippen LogP contribution in [0.25, 0.3) is 0 Å². The topological polar surface area (TPSA) is 71.3 Å². The van der Waals surface area contributed by atoms with Gasteiger partial charge in [0.15, 0.2) is 0 Å². The van der Waals surface area contributed by atoms with E-state index in [0.717, 1.165) is 18.7 Å². The Morgan fingerprint density at radius 3 is 3.00 bits per heavy atom. The number of likely N-dealkylation sites (N-methyl/N-ethyl adjacent to an activating group) is 1. The minimum Gasteiger partial charge on any atom is -0.363 e. The Kier molecular flexibility index (Phi) is 4.31. The molecule has 0 bridgehead atoms. The third-order valence-corrected chi connectivity index (χ3v) is 3.64. The minimum absolute atomic E-state index is 0.0454. The van der Waals surface area contributed by atoms with E-state index in [4.69, 9.17) is 0 Å². The minimum atomic E-state index is -0.390. The van der Waals surface area contributed by atoms with Gasteiger partial charge in [-0.2, -0.15) is 0 Å². The Labute approximate surface area is 113 Å². The van der Waals surface area contributed by atoms with Gasteiger partial charge < -0.3 is 10.2 Å². The van der Waals surface area contributed by atoms with E-state index >= 15 is 0 Å². The van der Waals surface area contributed by atoms with Crippen LogP contribution in [0.5, 0.6) is 0 Å². The van der Waals surface area contributed by atoms with Crippen molar-refractivity contribution >= 4 is 11.5 Å². The lowest BCUT2D eigenvalue weighted by Gasteiger charge is -2.32. The molecule has 1 aromatic heterocycles. The molecule has 1 fully saturated rings. The summed E-state index contributed by atoms with van der Waals surface area (Å²) in [6.45, 7) is 3.63. The summed E-state index contributed by atoms with van der Waals surface area (Å²) in [4.78, 5) is 17.1. The van der Waals surface area contributed by atoms with Crippen molar-refractivity contribution in [3.8, 4) is 0 Å². The molecule has 1 unspecified atom stereocenters. The highest BCUT2D eigenvalue weighted by Crippen LogP contribution is 2.23. The zero-order chi connectivity index (χ0) is 13.8. The molecular weight excluding hydrogens is 244 g/mol. The number of piperidine rings is 1. The van der Waals surface area contributed by atoms with E-state index in [1.807, 2.05) is 6.92 Å². The highest BCUT2D eigenvalue weighted by Gasteiger charge is 2.21. The maximum atomic E-state index is 11.0. The van der Waals surface area contributed by atoms with Gasteiger partial charge in [0.2, 0.25) is 5.82 Å². The van der Waals surface area contributed by atoms with Crippen molar-refractivity contribution in [3.63, 3.8) is 0 Å². The zero-order valence-electron chi connectivity index (χ0n) is 11.4. The van der Waals surface area contributed by atoms with Gasteiger partial charge in [-0.1, -0.05) is 6.42 Å². The third kappa shape index (κ3) is 3.41. The predicted molar refractivity (Wildman–Crippen MR) is 74.4 cm³/mol. The van der Waals surface area contributed by atoms with Crippen LogP contribution >= 0.6 is 0 Å². The molecule has 0 spiro atoms. The number of anilines is 1. The van der Waals surface area contributed by atoms with E-state index in [9.17, 15) is 10.1 Å². The Balaban J connectivity index is 2.05. The molecule has 1 aromatic rings. The number of rotatable bonds is 4. The average molecular weight is 264 g/mol. The van der Waals surface area contributed by atoms with Gasteiger partial charge in [-0.3, -0.25) is 10.1 Å². The molecule has 0 aromatic carbocycles. The van der Waals surface area contributed by atoms with Gasteiger partial charge in [0.25, 0.3) is 0 Å². The summed E-state index contributed by atoms with van der Waals surface area (Å²) in [5.74, 6) is 0.379. The van der Waals surface area contributed by atoms with Gasteiger partial charge in [-0.25, -0.2) is 4.98 Å². The van der Waals surface area contributed by atoms with Crippen LogP contribution in [-0.2, 0) is 0 Å². The van der Waals surface area contributed by atoms with Gasteiger partial charge in [-0.15, -0.1) is 0 Å². The van der Waals surface area contributed by atoms with Gasteiger partial charge >= 0.3 is 5.69 Å². The van der Waals surface area contributed by atoms with Crippen LogP contribution in [0.3, 0.4) is 0 Å². The first-order chi connectivity index (χ1) is 9.08. The molecule has 6 heteroatoms. The summed E-state index contributed by atoms with van der Waals surface area (Å²) in [7, 11) is 2.10. The fourth-order valence-electron chi connectivity index (χ4n) is 2.44. The molecule has 2 rings (SSSR count). The molecule has 19 heavy (non-hydrogen) atoms. The molecule has 0 amide bonds. The van der Waals surface area contributed by atoms with Gasteiger partial charge in [0.1, 0.15) is 0 Å². The lowest BCUT2D eigenvalue weighted by Crippen LogP contribution is -2.40. The first kappa shape index (κ1) is 13.7. The zero-order valence-corrected chi connectivity index (χ0v) is 11.4. The van der Waals surface area contributed by atoms with Crippen LogP contribution in [-0.4, -0.2) is 41.0 Å². The van der Waals surface area contributed by atoms with Crippen LogP contribution in [0.2, 0.25) is 0 Å². The molecule has 0 radical (unpaired) electrons. The number of nitrogens with one attached hydrogen (secondary N) is 1. The number of hydrogen-bond acceptors (Lipinski definition) is 5. The second kappa shape index (κ2) is 5.97. The monoisotopic (exact) mass is 264 g/mol. The maximum Gasteiger partial charge on any atom is 0.311 e. The second-order valence-corrected chi connectivity index (χ2v) is 5.09. The quantitative estimate of drug-likeness (QED) is 0.666. The number of nitro groups is 1. The van der Waals surface area contributed by atoms with Crippen molar-refractivity contribution in [3.05, 3.63) is 27.9 Å². The molecule has 6 nitrogen and oxygen atoms in total. The Morgan fingerprint density at radius 2 is 2.32 bits per heavy atom. The smallest absolute Gasteiger partial charge is 0.311 e. The predicted octanol–water partition coefficient (Wildman–Crippen LogP) is 2.19. The lowest BCUT2D eigenvalue weighted by atomic mass is 10.0. The molecule has 1 atom stereocenters. The number of nitrogens with zero attached hydrogens (tertiary/aromatic N) is 3. The van der Waals surface area contributed by atoms with Crippen molar-refractivity contribution in [2.24, 2.45) is 0 Å². The van der Waals surface area contributed by atoms with Crippen LogP contribution in [0.1, 0.15) is 25.0 Å². The summed E-state index contributed by atoms with van der Waals surface area (Å²) in [6, 6.07) is 3.60. The van der Waals surface area contributed by atoms with E-state index in [0.29, 0.717) is 18.4 Å². The normalized spacial score (nSPS) is 20.2. The molecular formula is C13H20N4O2. The number of hydrogen-bond donors (Lipinski definition) is 1. The Morgan fingerprint density at radius 1 is 1.53 bits per heavy atom. The molecule has 1 aliphatic heterocycles. The fourth-order valence-corrected chi connectivity index (χ4v) is 2.44. The maximum absolute atomic E-state index is 11.0. The van der Waals surface area contributed by atoms with E-state index in [1.165, 1.54) is 18.9 Å². The summed E-state index contributed by atoms with van der Waals surface area (Å²) >= 11 is 0. The van der Waals surface area contributed by atoms with Gasteiger partial charge in [-0.05, 0) is 39.4 Å². The summed E-state index contributed by atoms with van der Waals surface area (Å²) < 4.78 is 0. The van der Waals surface area contributed by atoms with Crippen LogP contribution in [0, 0.1) is 17.0 Å². The SMILES string of the molecule is Cc1ccc([N+](=O)[O-])c(NCC2CCCCN2C)n1. The highest BCUT2D eigenvalue weighted by atomic mass is 16.6. The number of likely N-dealkylation sites (tertiary alicyclic amines) is 1. The van der Waals surface area contributed by atoms with E-state index in [2.05, 4.69) is 22.2 Å². The molecule has 1 N–H and O–H groups in total. The van der Waals surface area contributed by atoms with E-state index in [-0.39, 0.29) is 10.6 Å². The Bertz CT molecular complexity index is 464. The lowest BCUT2D eigenvalue weighted by molar-refractivity contribution is -0.384. The summed E-state index contributed by atoms with van der Waals surface area (Å²) in [5, 5.41) is 14.1. The average Bonchev–Trinajstić information content (AvgIpc) is 2.37. The van der Waals surface area contributed by atoms with E-state index in [1.54, 1.807) is 6.07 Å². The fraction of sp³-hybridized carbons (Fsp3) is 0.615. The molecule has 0 aliphatic carbocycles.